The van der Waals surface area contributed by atoms with Gasteiger partial charge in [0.2, 0.25) is 0 Å². The van der Waals surface area contributed by atoms with Gasteiger partial charge in [-0.3, -0.25) is 0 Å². The standard InChI is InChI=1S/C16H15FN2O4/c1-21-13-7-11(8-14(9-13)22-2)16(20)23-19-15(18)10-3-5-12(17)6-4-10/h3-9H,1-2H3,(H2,18,19). The number of benzene rings is 2. The molecule has 0 aliphatic rings. The molecule has 7 heteroatoms. The Kier molecular flexibility index (Phi) is 5.14. The Balaban J connectivity index is 2.15. The van der Waals surface area contributed by atoms with Crippen molar-refractivity contribution in [1.82, 2.24) is 0 Å². The zero-order valence-corrected chi connectivity index (χ0v) is 12.6. The van der Waals surface area contributed by atoms with Gasteiger partial charge in [0.25, 0.3) is 0 Å². The fourth-order valence-corrected chi connectivity index (χ4v) is 1.74. The molecular weight excluding hydrogens is 303 g/mol. The molecule has 0 fully saturated rings. The first-order chi connectivity index (χ1) is 11.0. The lowest BCUT2D eigenvalue weighted by Gasteiger charge is -2.07. The summed E-state index contributed by atoms with van der Waals surface area (Å²) in [5.74, 6) is -0.305. The Morgan fingerprint density at radius 2 is 1.57 bits per heavy atom. The number of nitrogens with two attached hydrogens (primary N) is 1. The number of oxime groups is 1. The molecule has 0 aliphatic carbocycles. The molecule has 0 radical (unpaired) electrons. The van der Waals surface area contributed by atoms with Crippen LogP contribution in [-0.2, 0) is 4.84 Å². The highest BCUT2D eigenvalue weighted by Gasteiger charge is 2.12. The Morgan fingerprint density at radius 3 is 2.09 bits per heavy atom. The number of methoxy groups -OCH3 is 2. The van der Waals surface area contributed by atoms with Crippen LogP contribution >= 0.6 is 0 Å². The van der Waals surface area contributed by atoms with Gasteiger partial charge in [0.05, 0.1) is 19.8 Å². The summed E-state index contributed by atoms with van der Waals surface area (Å²) in [6.45, 7) is 0. The molecule has 2 aromatic carbocycles. The van der Waals surface area contributed by atoms with Crippen LogP contribution in [0.4, 0.5) is 4.39 Å². The van der Waals surface area contributed by atoms with Crippen LogP contribution in [0, 0.1) is 5.82 Å². The molecule has 0 heterocycles. The van der Waals surface area contributed by atoms with Crippen LogP contribution < -0.4 is 15.2 Å². The number of hydrogen-bond acceptors (Lipinski definition) is 5. The SMILES string of the molecule is COc1cc(OC)cc(C(=O)O/N=C(\N)c2ccc(F)cc2)c1. The number of halogens is 1. The molecule has 0 atom stereocenters. The number of ether oxygens (including phenoxy) is 2. The molecule has 120 valence electrons. The van der Waals surface area contributed by atoms with Gasteiger partial charge in [0.15, 0.2) is 5.84 Å². The number of nitrogens with zero attached hydrogens (tertiary/aromatic N) is 1. The second kappa shape index (κ2) is 7.26. The molecule has 0 unspecified atom stereocenters. The highest BCUT2D eigenvalue weighted by atomic mass is 19.1. The predicted molar refractivity (Wildman–Crippen MR) is 82.1 cm³/mol. The van der Waals surface area contributed by atoms with Gasteiger partial charge in [-0.25, -0.2) is 9.18 Å². The quantitative estimate of drug-likeness (QED) is 0.396. The maximum atomic E-state index is 12.8. The van der Waals surface area contributed by atoms with Gasteiger partial charge >= 0.3 is 5.97 Å². The van der Waals surface area contributed by atoms with Crippen molar-refractivity contribution < 1.29 is 23.5 Å². The number of carbonyl (C=O) groups is 1. The topological polar surface area (TPSA) is 83.1 Å². The highest BCUT2D eigenvalue weighted by Crippen LogP contribution is 2.23. The monoisotopic (exact) mass is 318 g/mol. The number of amidine groups is 1. The van der Waals surface area contributed by atoms with E-state index in [2.05, 4.69) is 5.16 Å². The third-order valence-corrected chi connectivity index (χ3v) is 2.95. The van der Waals surface area contributed by atoms with Gasteiger partial charge in [-0.05, 0) is 36.4 Å². The molecule has 23 heavy (non-hydrogen) atoms. The predicted octanol–water partition coefficient (Wildman–Crippen LogP) is 2.32. The lowest BCUT2D eigenvalue weighted by Crippen LogP contribution is -2.15. The molecule has 0 aliphatic heterocycles. The molecule has 0 amide bonds. The smallest absolute Gasteiger partial charge is 0.366 e. The van der Waals surface area contributed by atoms with Gasteiger partial charge in [0, 0.05) is 11.6 Å². The maximum Gasteiger partial charge on any atom is 0.366 e. The van der Waals surface area contributed by atoms with Gasteiger partial charge < -0.3 is 20.0 Å². The van der Waals surface area contributed by atoms with Crippen LogP contribution in [0.5, 0.6) is 11.5 Å². The maximum absolute atomic E-state index is 12.8. The van der Waals surface area contributed by atoms with Gasteiger partial charge in [0.1, 0.15) is 17.3 Å². The van der Waals surface area contributed by atoms with Gasteiger partial charge in [-0.1, -0.05) is 5.16 Å². The van der Waals surface area contributed by atoms with Crippen LogP contribution in [-0.4, -0.2) is 26.0 Å². The van der Waals surface area contributed by atoms with Crippen LogP contribution in [0.25, 0.3) is 0 Å². The fourth-order valence-electron chi connectivity index (χ4n) is 1.74. The Bertz CT molecular complexity index is 707. The fraction of sp³-hybridized carbons (Fsp3) is 0.125. The van der Waals surface area contributed by atoms with E-state index in [1.54, 1.807) is 6.07 Å². The summed E-state index contributed by atoms with van der Waals surface area (Å²) < 4.78 is 23.0. The van der Waals surface area contributed by atoms with Crippen molar-refractivity contribution in [3.8, 4) is 11.5 Å². The largest absolute Gasteiger partial charge is 0.497 e. The van der Waals surface area contributed by atoms with Crippen LogP contribution in [0.15, 0.2) is 47.6 Å². The molecule has 0 saturated carbocycles. The van der Waals surface area contributed by atoms with E-state index >= 15 is 0 Å². The number of hydrogen-bond donors (Lipinski definition) is 1. The summed E-state index contributed by atoms with van der Waals surface area (Å²) in [5.41, 5.74) is 6.31. The van der Waals surface area contributed by atoms with E-state index in [1.807, 2.05) is 0 Å². The van der Waals surface area contributed by atoms with E-state index in [0.29, 0.717) is 17.1 Å². The van der Waals surface area contributed by atoms with E-state index in [9.17, 15) is 9.18 Å². The molecule has 0 spiro atoms. The van der Waals surface area contributed by atoms with E-state index in [0.717, 1.165) is 0 Å². The molecule has 2 N–H and O–H groups in total. The summed E-state index contributed by atoms with van der Waals surface area (Å²) in [5, 5.41) is 3.55. The van der Waals surface area contributed by atoms with Crippen molar-refractivity contribution in [2.75, 3.05) is 14.2 Å². The van der Waals surface area contributed by atoms with Gasteiger partial charge in [-0.15, -0.1) is 0 Å². The second-order valence-corrected chi connectivity index (χ2v) is 4.46. The van der Waals surface area contributed by atoms with Crippen LogP contribution in [0.3, 0.4) is 0 Å². The minimum absolute atomic E-state index is 0.0480. The number of rotatable bonds is 5. The summed E-state index contributed by atoms with van der Waals surface area (Å²) in [6, 6.07) is 9.89. The molecule has 2 rings (SSSR count). The number of carbonyl (C=O) groups excluding carboxylic acids is 1. The third-order valence-electron chi connectivity index (χ3n) is 2.95. The van der Waals surface area contributed by atoms with E-state index in [1.165, 1.54) is 50.6 Å². The molecular formula is C16H15FN2O4. The average Bonchev–Trinajstić information content (AvgIpc) is 2.59. The normalized spacial score (nSPS) is 11.0. The zero-order valence-electron chi connectivity index (χ0n) is 12.6. The first-order valence-corrected chi connectivity index (χ1v) is 6.57. The van der Waals surface area contributed by atoms with Gasteiger partial charge in [-0.2, -0.15) is 0 Å². The summed E-state index contributed by atoms with van der Waals surface area (Å²) in [4.78, 5) is 16.8. The Labute approximate surface area is 132 Å². The molecule has 0 saturated heterocycles. The molecule has 6 nitrogen and oxygen atoms in total. The zero-order chi connectivity index (χ0) is 16.8. The average molecular weight is 318 g/mol. The van der Waals surface area contributed by atoms with E-state index in [-0.39, 0.29) is 11.4 Å². The first kappa shape index (κ1) is 16.3. The van der Waals surface area contributed by atoms with E-state index in [4.69, 9.17) is 20.0 Å². The van der Waals surface area contributed by atoms with Crippen LogP contribution in [0.2, 0.25) is 0 Å². The van der Waals surface area contributed by atoms with Crippen molar-refractivity contribution in [3.05, 3.63) is 59.4 Å². The Hall–Kier alpha value is -3.09. The summed E-state index contributed by atoms with van der Waals surface area (Å²) in [6.07, 6.45) is 0. The van der Waals surface area contributed by atoms with Crippen molar-refractivity contribution in [1.29, 1.82) is 0 Å². The first-order valence-electron chi connectivity index (χ1n) is 6.57. The summed E-state index contributed by atoms with van der Waals surface area (Å²) >= 11 is 0. The lowest BCUT2D eigenvalue weighted by molar-refractivity contribution is 0.0515. The Morgan fingerprint density at radius 1 is 1.00 bits per heavy atom. The minimum atomic E-state index is -0.729. The van der Waals surface area contributed by atoms with E-state index < -0.39 is 11.8 Å². The highest BCUT2D eigenvalue weighted by molar-refractivity contribution is 5.98. The van der Waals surface area contributed by atoms with Crippen molar-refractivity contribution >= 4 is 11.8 Å². The molecule has 0 aromatic heterocycles. The molecule has 0 bridgehead atoms. The third kappa shape index (κ3) is 4.19. The van der Waals surface area contributed by atoms with Crippen molar-refractivity contribution in [2.45, 2.75) is 0 Å². The van der Waals surface area contributed by atoms with Crippen LogP contribution in [0.1, 0.15) is 15.9 Å². The summed E-state index contributed by atoms with van der Waals surface area (Å²) in [7, 11) is 2.93. The minimum Gasteiger partial charge on any atom is -0.497 e. The molecule has 2 aromatic rings. The van der Waals surface area contributed by atoms with Crippen molar-refractivity contribution in [2.24, 2.45) is 10.9 Å². The lowest BCUT2D eigenvalue weighted by atomic mass is 10.2. The second-order valence-electron chi connectivity index (χ2n) is 4.46. The van der Waals surface area contributed by atoms with Crippen molar-refractivity contribution in [3.63, 3.8) is 0 Å².